The van der Waals surface area contributed by atoms with Crippen molar-refractivity contribution in [3.63, 3.8) is 0 Å². The number of nitrogens with one attached hydrogen (secondary N) is 1. The number of hydrogen-bond donors (Lipinski definition) is 2. The Balaban J connectivity index is 0.000000921. The lowest BCUT2D eigenvalue weighted by Crippen LogP contribution is -2.35. The summed E-state index contributed by atoms with van der Waals surface area (Å²) in [6.45, 7) is 5.38. The molecule has 0 aromatic heterocycles. The molecule has 1 rings (SSSR count). The minimum absolute atomic E-state index is 0.0653. The van der Waals surface area contributed by atoms with E-state index < -0.39 is 11.6 Å². The van der Waals surface area contributed by atoms with Crippen LogP contribution in [0.25, 0.3) is 0 Å². The fourth-order valence-corrected chi connectivity index (χ4v) is 0.859. The molecule has 3 N–H and O–H groups in total. The van der Waals surface area contributed by atoms with Gasteiger partial charge < -0.3 is 0 Å². The highest BCUT2D eigenvalue weighted by Crippen LogP contribution is 2.18. The van der Waals surface area contributed by atoms with Crippen LogP contribution in [0.15, 0.2) is 18.2 Å². The van der Waals surface area contributed by atoms with Gasteiger partial charge in [-0.3, -0.25) is 10.4 Å². The van der Waals surface area contributed by atoms with Gasteiger partial charge in [0.15, 0.2) is 11.6 Å². The van der Waals surface area contributed by atoms with Crippen LogP contribution in [0.1, 0.15) is 20.8 Å². The fraction of sp³-hybridized carbons (Fsp3) is 0.300. The molecule has 0 atom stereocenters. The van der Waals surface area contributed by atoms with E-state index in [2.05, 4.69) is 0 Å². The topological polar surface area (TPSA) is 53.1 Å². The molecule has 0 fully saturated rings. The van der Waals surface area contributed by atoms with Gasteiger partial charge in [-0.05, 0) is 19.1 Å². The van der Waals surface area contributed by atoms with Crippen molar-refractivity contribution >= 4 is 11.5 Å². The molecule has 0 aliphatic carbocycles. The van der Waals surface area contributed by atoms with Gasteiger partial charge in [0.1, 0.15) is 5.84 Å². The third-order valence-electron chi connectivity index (χ3n) is 1.55. The van der Waals surface area contributed by atoms with Gasteiger partial charge >= 0.3 is 0 Å². The van der Waals surface area contributed by atoms with E-state index in [0.29, 0.717) is 0 Å². The lowest BCUT2D eigenvalue weighted by molar-refractivity contribution is 0.509. The summed E-state index contributed by atoms with van der Waals surface area (Å²) in [5, 5.41) is 7.89. The molecule has 5 heteroatoms. The van der Waals surface area contributed by atoms with Crippen molar-refractivity contribution in [2.24, 2.45) is 5.84 Å². The van der Waals surface area contributed by atoms with Gasteiger partial charge in [0.25, 0.3) is 0 Å². The van der Waals surface area contributed by atoms with Crippen LogP contribution >= 0.6 is 0 Å². The molecule has 0 saturated carbocycles. The number of rotatable bonds is 1. The van der Waals surface area contributed by atoms with E-state index in [1.54, 1.807) is 0 Å². The summed E-state index contributed by atoms with van der Waals surface area (Å²) in [4.78, 5) is 0. The molecule has 84 valence electrons. The second-order valence-corrected chi connectivity index (χ2v) is 2.53. The van der Waals surface area contributed by atoms with Gasteiger partial charge in [-0.15, -0.1) is 0 Å². The largest absolute Gasteiger partial charge is 0.287 e. The summed E-state index contributed by atoms with van der Waals surface area (Å²) in [5.41, 5.74) is -0.146. The number of amidine groups is 1. The molecule has 3 nitrogen and oxygen atoms in total. The second-order valence-electron chi connectivity index (χ2n) is 2.53. The molecule has 1 aromatic rings. The smallest absolute Gasteiger partial charge is 0.183 e. The third-order valence-corrected chi connectivity index (χ3v) is 1.55. The zero-order valence-corrected chi connectivity index (χ0v) is 9.01. The van der Waals surface area contributed by atoms with Crippen LogP contribution in [0.2, 0.25) is 0 Å². The van der Waals surface area contributed by atoms with Crippen LogP contribution < -0.4 is 10.9 Å². The van der Waals surface area contributed by atoms with Gasteiger partial charge in [0.05, 0.1) is 5.69 Å². The summed E-state index contributed by atoms with van der Waals surface area (Å²) < 4.78 is 25.7. The minimum atomic E-state index is -1.04. The van der Waals surface area contributed by atoms with Crippen molar-refractivity contribution in [1.29, 1.82) is 5.41 Å². The molecular formula is C10H15F2N3. The predicted molar refractivity (Wildman–Crippen MR) is 57.8 cm³/mol. The monoisotopic (exact) mass is 215 g/mol. The summed E-state index contributed by atoms with van der Waals surface area (Å²) in [7, 11) is 0. The van der Waals surface area contributed by atoms with E-state index in [-0.39, 0.29) is 11.5 Å². The van der Waals surface area contributed by atoms with Crippen LogP contribution in [0.3, 0.4) is 0 Å². The van der Waals surface area contributed by atoms with Crippen molar-refractivity contribution in [3.05, 3.63) is 29.8 Å². The van der Waals surface area contributed by atoms with Crippen LogP contribution in [-0.2, 0) is 0 Å². The third kappa shape index (κ3) is 3.28. The quantitative estimate of drug-likeness (QED) is 0.327. The summed E-state index contributed by atoms with van der Waals surface area (Å²) in [6.07, 6.45) is 0. The van der Waals surface area contributed by atoms with E-state index in [4.69, 9.17) is 11.3 Å². The normalized spacial score (nSPS) is 8.93. The number of anilines is 1. The van der Waals surface area contributed by atoms with Crippen molar-refractivity contribution in [2.45, 2.75) is 20.8 Å². The zero-order valence-electron chi connectivity index (χ0n) is 9.01. The lowest BCUT2D eigenvalue weighted by atomic mass is 10.3. The highest BCUT2D eigenvalue weighted by atomic mass is 19.2. The standard InChI is InChI=1S/C8H9F2N3.C2H6/c1-5(11)13(12)7-4-2-3-6(9)8(7)10;1-2/h2-4,11H,12H2,1H3;1-2H3. The lowest BCUT2D eigenvalue weighted by Gasteiger charge is -2.17. The first kappa shape index (κ1) is 13.5. The highest BCUT2D eigenvalue weighted by molar-refractivity contribution is 5.92. The number of benzene rings is 1. The molecule has 0 radical (unpaired) electrons. The van der Waals surface area contributed by atoms with Crippen molar-refractivity contribution < 1.29 is 8.78 Å². The first-order valence-electron chi connectivity index (χ1n) is 4.58. The SMILES string of the molecule is CC.CC(=N)N(N)c1cccc(F)c1F. The Labute approximate surface area is 88.0 Å². The van der Waals surface area contributed by atoms with E-state index in [9.17, 15) is 8.78 Å². The predicted octanol–water partition coefficient (Wildman–Crippen LogP) is 2.67. The number of hydrogen-bond acceptors (Lipinski definition) is 2. The Morgan fingerprint density at radius 1 is 1.33 bits per heavy atom. The van der Waals surface area contributed by atoms with Crippen LogP contribution in [0.4, 0.5) is 14.5 Å². The molecule has 0 aliphatic heterocycles. The first-order chi connectivity index (χ1) is 7.04. The van der Waals surface area contributed by atoms with Crippen LogP contribution in [0.5, 0.6) is 0 Å². The van der Waals surface area contributed by atoms with Gasteiger partial charge in [0.2, 0.25) is 0 Å². The molecule has 0 unspecified atom stereocenters. The van der Waals surface area contributed by atoms with Crippen LogP contribution in [0, 0.1) is 17.0 Å². The Morgan fingerprint density at radius 2 is 1.87 bits per heavy atom. The summed E-state index contributed by atoms with van der Waals surface area (Å²) in [6, 6.07) is 3.62. The van der Waals surface area contributed by atoms with Crippen molar-refractivity contribution in [3.8, 4) is 0 Å². The highest BCUT2D eigenvalue weighted by Gasteiger charge is 2.12. The van der Waals surface area contributed by atoms with E-state index in [1.807, 2.05) is 13.8 Å². The van der Waals surface area contributed by atoms with Gasteiger partial charge in [-0.1, -0.05) is 19.9 Å². The number of hydrazine groups is 1. The number of nitrogens with two attached hydrogens (primary N) is 1. The number of nitrogens with zero attached hydrogens (tertiary/aromatic N) is 1. The second kappa shape index (κ2) is 6.08. The Morgan fingerprint density at radius 3 is 2.33 bits per heavy atom. The minimum Gasteiger partial charge on any atom is -0.287 e. The molecular weight excluding hydrogens is 200 g/mol. The molecule has 0 spiro atoms. The maximum atomic E-state index is 13.0. The maximum Gasteiger partial charge on any atom is 0.183 e. The molecule has 0 amide bonds. The fourth-order valence-electron chi connectivity index (χ4n) is 0.859. The Kier molecular flexibility index (Phi) is 5.48. The van der Waals surface area contributed by atoms with Gasteiger partial charge in [-0.25, -0.2) is 14.6 Å². The maximum absolute atomic E-state index is 13.0. The first-order valence-corrected chi connectivity index (χ1v) is 4.58. The average Bonchev–Trinajstić information content (AvgIpc) is 2.24. The van der Waals surface area contributed by atoms with E-state index in [0.717, 1.165) is 11.1 Å². The van der Waals surface area contributed by atoms with Crippen LogP contribution in [-0.4, -0.2) is 5.84 Å². The summed E-state index contributed by atoms with van der Waals surface area (Å²) in [5.74, 6) is 3.22. The Bertz CT molecular complexity index is 339. The Hall–Kier alpha value is -1.49. The van der Waals surface area contributed by atoms with E-state index in [1.165, 1.54) is 19.1 Å². The molecule has 0 saturated heterocycles. The van der Waals surface area contributed by atoms with Crippen molar-refractivity contribution in [1.82, 2.24) is 0 Å². The van der Waals surface area contributed by atoms with Crippen molar-refractivity contribution in [2.75, 3.05) is 5.01 Å². The molecule has 0 heterocycles. The van der Waals surface area contributed by atoms with Gasteiger partial charge in [0, 0.05) is 0 Å². The molecule has 1 aromatic carbocycles. The summed E-state index contributed by atoms with van der Waals surface area (Å²) >= 11 is 0. The van der Waals surface area contributed by atoms with Gasteiger partial charge in [-0.2, -0.15) is 0 Å². The number of halogens is 2. The molecule has 0 bridgehead atoms. The average molecular weight is 215 g/mol. The van der Waals surface area contributed by atoms with E-state index >= 15 is 0 Å². The zero-order chi connectivity index (χ0) is 12.0. The molecule has 15 heavy (non-hydrogen) atoms. The molecule has 0 aliphatic rings.